The van der Waals surface area contributed by atoms with E-state index in [9.17, 15) is 9.18 Å². The number of aromatic nitrogens is 1. The highest BCUT2D eigenvalue weighted by molar-refractivity contribution is 6.29. The molecule has 2 rings (SSSR count). The van der Waals surface area contributed by atoms with E-state index >= 15 is 0 Å². The quantitative estimate of drug-likeness (QED) is 0.635. The lowest BCUT2D eigenvalue weighted by Gasteiger charge is -2.08. The molecule has 0 saturated heterocycles. The van der Waals surface area contributed by atoms with E-state index in [-0.39, 0.29) is 23.1 Å². The van der Waals surface area contributed by atoms with Crippen LogP contribution in [0.15, 0.2) is 36.5 Å². The number of carbonyl (C=O) groups excluding carboxylic acids is 1. The third kappa shape index (κ3) is 3.45. The summed E-state index contributed by atoms with van der Waals surface area (Å²) in [5.41, 5.74) is 0.211. The maximum atomic E-state index is 13.7. The van der Waals surface area contributed by atoms with Crippen LogP contribution in [0.25, 0.3) is 0 Å². The summed E-state index contributed by atoms with van der Waals surface area (Å²) < 4.78 is 23.9. The normalized spacial score (nSPS) is 10.2. The van der Waals surface area contributed by atoms with Crippen molar-refractivity contribution in [3.8, 4) is 11.5 Å². The topological polar surface area (TPSA) is 48.4 Å². The van der Waals surface area contributed by atoms with E-state index in [0.29, 0.717) is 5.75 Å². The predicted octanol–water partition coefficient (Wildman–Crippen LogP) is 3.84. The van der Waals surface area contributed by atoms with Crippen LogP contribution >= 0.6 is 11.6 Å². The van der Waals surface area contributed by atoms with Crippen LogP contribution < -0.4 is 4.74 Å². The number of ether oxygens (including phenoxy) is 2. The van der Waals surface area contributed by atoms with Crippen molar-refractivity contribution >= 4 is 17.6 Å². The van der Waals surface area contributed by atoms with Crippen LogP contribution in [-0.4, -0.2) is 17.6 Å². The van der Waals surface area contributed by atoms with Crippen molar-refractivity contribution in [1.82, 2.24) is 4.98 Å². The third-order valence-corrected chi connectivity index (χ3v) is 2.57. The molecule has 0 aliphatic heterocycles. The fourth-order valence-corrected chi connectivity index (χ4v) is 1.66. The van der Waals surface area contributed by atoms with Crippen molar-refractivity contribution in [2.45, 2.75) is 6.92 Å². The summed E-state index contributed by atoms with van der Waals surface area (Å²) in [5.74, 6) is -0.890. The van der Waals surface area contributed by atoms with Gasteiger partial charge in [0.05, 0.1) is 12.2 Å². The number of benzene rings is 1. The molecule has 1 heterocycles. The Morgan fingerprint density at radius 2 is 2.15 bits per heavy atom. The molecule has 0 atom stereocenters. The summed E-state index contributed by atoms with van der Waals surface area (Å²) in [5, 5.41) is 0.226. The van der Waals surface area contributed by atoms with Crippen molar-refractivity contribution in [3.63, 3.8) is 0 Å². The fraction of sp³-hybridized carbons (Fsp3) is 0.143. The smallest absolute Gasteiger partial charge is 0.338 e. The van der Waals surface area contributed by atoms with Crippen LogP contribution in [0.5, 0.6) is 11.5 Å². The molecule has 6 heteroatoms. The largest absolute Gasteiger partial charge is 0.462 e. The second-order valence-electron chi connectivity index (χ2n) is 3.78. The second-order valence-corrected chi connectivity index (χ2v) is 4.17. The first-order chi connectivity index (χ1) is 9.60. The van der Waals surface area contributed by atoms with Crippen LogP contribution in [-0.2, 0) is 4.74 Å². The standard InChI is InChI=1S/C14H11ClFNO3/c1-2-19-14(18)9-3-4-11(16)12(7-9)20-10-5-6-17-13(15)8-10/h3-8H,2H2,1H3. The minimum atomic E-state index is -0.592. The molecule has 0 aliphatic carbocycles. The fourth-order valence-electron chi connectivity index (χ4n) is 1.50. The molecule has 104 valence electrons. The van der Waals surface area contributed by atoms with Gasteiger partial charge in [-0.15, -0.1) is 0 Å². The van der Waals surface area contributed by atoms with Gasteiger partial charge in [0.2, 0.25) is 0 Å². The van der Waals surface area contributed by atoms with Crippen LogP contribution in [0.1, 0.15) is 17.3 Å². The van der Waals surface area contributed by atoms with Gasteiger partial charge in [-0.2, -0.15) is 0 Å². The van der Waals surface area contributed by atoms with E-state index in [1.165, 1.54) is 30.5 Å². The molecule has 0 fully saturated rings. The third-order valence-electron chi connectivity index (χ3n) is 2.37. The molecule has 2 aromatic rings. The van der Waals surface area contributed by atoms with Gasteiger partial charge in [0.15, 0.2) is 11.6 Å². The minimum absolute atomic E-state index is 0.0854. The lowest BCUT2D eigenvalue weighted by atomic mass is 10.2. The first-order valence-corrected chi connectivity index (χ1v) is 6.24. The summed E-state index contributed by atoms with van der Waals surface area (Å²) in [6, 6.07) is 6.73. The highest BCUT2D eigenvalue weighted by Gasteiger charge is 2.12. The highest BCUT2D eigenvalue weighted by Crippen LogP contribution is 2.26. The van der Waals surface area contributed by atoms with E-state index in [2.05, 4.69) is 4.98 Å². The molecule has 0 unspecified atom stereocenters. The average molecular weight is 296 g/mol. The number of hydrogen-bond acceptors (Lipinski definition) is 4. The zero-order valence-electron chi connectivity index (χ0n) is 10.6. The number of hydrogen-bond donors (Lipinski definition) is 0. The van der Waals surface area contributed by atoms with E-state index < -0.39 is 11.8 Å². The van der Waals surface area contributed by atoms with Gasteiger partial charge in [-0.3, -0.25) is 0 Å². The Balaban J connectivity index is 2.27. The van der Waals surface area contributed by atoms with Gasteiger partial charge in [-0.05, 0) is 31.2 Å². The lowest BCUT2D eigenvalue weighted by molar-refractivity contribution is 0.0526. The number of esters is 1. The summed E-state index contributed by atoms with van der Waals surface area (Å²) >= 11 is 5.71. The molecule has 0 radical (unpaired) electrons. The van der Waals surface area contributed by atoms with Gasteiger partial charge in [0.1, 0.15) is 10.9 Å². The number of carbonyl (C=O) groups is 1. The number of halogens is 2. The van der Waals surface area contributed by atoms with Crippen molar-refractivity contribution in [3.05, 3.63) is 53.1 Å². The van der Waals surface area contributed by atoms with Gasteiger partial charge < -0.3 is 9.47 Å². The number of rotatable bonds is 4. The molecule has 0 amide bonds. The summed E-state index contributed by atoms with van der Waals surface area (Å²) in [6.45, 7) is 1.93. The monoisotopic (exact) mass is 295 g/mol. The van der Waals surface area contributed by atoms with Crippen molar-refractivity contribution < 1.29 is 18.7 Å². The van der Waals surface area contributed by atoms with Gasteiger partial charge in [0, 0.05) is 12.3 Å². The van der Waals surface area contributed by atoms with Gasteiger partial charge >= 0.3 is 5.97 Å². The van der Waals surface area contributed by atoms with E-state index in [0.717, 1.165) is 6.07 Å². The maximum absolute atomic E-state index is 13.7. The Morgan fingerprint density at radius 3 is 2.85 bits per heavy atom. The zero-order valence-corrected chi connectivity index (χ0v) is 11.4. The van der Waals surface area contributed by atoms with Crippen LogP contribution in [0.4, 0.5) is 4.39 Å². The van der Waals surface area contributed by atoms with E-state index in [4.69, 9.17) is 21.1 Å². The Morgan fingerprint density at radius 1 is 1.35 bits per heavy atom. The van der Waals surface area contributed by atoms with Crippen LogP contribution in [0.2, 0.25) is 5.15 Å². The Hall–Kier alpha value is -2.14. The molecule has 4 nitrogen and oxygen atoms in total. The van der Waals surface area contributed by atoms with Crippen LogP contribution in [0, 0.1) is 5.82 Å². The van der Waals surface area contributed by atoms with E-state index in [1.807, 2.05) is 0 Å². The van der Waals surface area contributed by atoms with Crippen molar-refractivity contribution in [1.29, 1.82) is 0 Å². The summed E-state index contributed by atoms with van der Waals surface area (Å²) in [6.07, 6.45) is 1.44. The van der Waals surface area contributed by atoms with Crippen LogP contribution in [0.3, 0.4) is 0 Å². The van der Waals surface area contributed by atoms with Gasteiger partial charge in [0.25, 0.3) is 0 Å². The highest BCUT2D eigenvalue weighted by atomic mass is 35.5. The van der Waals surface area contributed by atoms with E-state index in [1.54, 1.807) is 6.92 Å². The molecule has 0 N–H and O–H groups in total. The molecule has 0 spiro atoms. The van der Waals surface area contributed by atoms with Gasteiger partial charge in [-0.1, -0.05) is 11.6 Å². The zero-order chi connectivity index (χ0) is 14.5. The van der Waals surface area contributed by atoms with Gasteiger partial charge in [-0.25, -0.2) is 14.2 Å². The summed E-state index contributed by atoms with van der Waals surface area (Å²) in [7, 11) is 0. The molecular formula is C14H11ClFNO3. The molecule has 0 aliphatic rings. The predicted molar refractivity (Wildman–Crippen MR) is 71.7 cm³/mol. The SMILES string of the molecule is CCOC(=O)c1ccc(F)c(Oc2ccnc(Cl)c2)c1. The molecular weight excluding hydrogens is 285 g/mol. The molecule has 1 aromatic carbocycles. The Kier molecular flexibility index (Phi) is 4.53. The number of pyridine rings is 1. The number of nitrogens with zero attached hydrogens (tertiary/aromatic N) is 1. The average Bonchev–Trinajstić information content (AvgIpc) is 2.41. The molecule has 0 saturated carbocycles. The Bertz CT molecular complexity index is 634. The maximum Gasteiger partial charge on any atom is 0.338 e. The molecule has 1 aromatic heterocycles. The second kappa shape index (κ2) is 6.34. The minimum Gasteiger partial charge on any atom is -0.462 e. The Labute approximate surface area is 120 Å². The first-order valence-electron chi connectivity index (χ1n) is 5.86. The van der Waals surface area contributed by atoms with Crippen molar-refractivity contribution in [2.75, 3.05) is 6.61 Å². The summed E-state index contributed by atoms with van der Waals surface area (Å²) in [4.78, 5) is 15.4. The molecule has 0 bridgehead atoms. The lowest BCUT2D eigenvalue weighted by Crippen LogP contribution is -2.05. The van der Waals surface area contributed by atoms with Crippen molar-refractivity contribution in [2.24, 2.45) is 0 Å². The molecule has 20 heavy (non-hydrogen) atoms. The first kappa shape index (κ1) is 14.3.